The van der Waals surface area contributed by atoms with Crippen molar-refractivity contribution < 1.29 is 9.53 Å². The quantitative estimate of drug-likeness (QED) is 0.658. The minimum Gasteiger partial charge on any atom is -0.457 e. The number of carbonyl (C=O) groups excluding carboxylic acids is 1. The minimum atomic E-state index is -0.398. The second-order valence-electron chi connectivity index (χ2n) is 4.37. The molecule has 0 bridgehead atoms. The first-order valence-corrected chi connectivity index (χ1v) is 7.11. The lowest BCUT2D eigenvalue weighted by molar-refractivity contribution is 0.0472. The smallest absolute Gasteiger partial charge is 0.338 e. The zero-order valence-electron chi connectivity index (χ0n) is 10.8. The third-order valence-electron chi connectivity index (χ3n) is 2.92. The van der Waals surface area contributed by atoms with E-state index < -0.39 is 5.97 Å². The Morgan fingerprint density at radius 3 is 2.60 bits per heavy atom. The summed E-state index contributed by atoms with van der Waals surface area (Å²) in [4.78, 5) is 12.1. The number of benzene rings is 2. The van der Waals surface area contributed by atoms with Gasteiger partial charge in [0.05, 0.1) is 5.56 Å². The maximum atomic E-state index is 12.1. The fourth-order valence-electron chi connectivity index (χ4n) is 1.72. The van der Waals surface area contributed by atoms with Gasteiger partial charge in [-0.05, 0) is 42.3 Å². The first kappa shape index (κ1) is 14.9. The summed E-state index contributed by atoms with van der Waals surface area (Å²) in [6.07, 6.45) is 0. The average molecular weight is 355 g/mol. The molecule has 0 saturated heterocycles. The third kappa shape index (κ3) is 3.52. The molecule has 0 aliphatic heterocycles. The molecule has 2 rings (SSSR count). The molecule has 0 heterocycles. The van der Waals surface area contributed by atoms with Crippen LogP contribution in [-0.4, -0.2) is 5.97 Å². The van der Waals surface area contributed by atoms with Gasteiger partial charge in [-0.25, -0.2) is 4.79 Å². The number of carbonyl (C=O) groups is 1. The molecule has 2 aromatic carbocycles. The van der Waals surface area contributed by atoms with Gasteiger partial charge in [0, 0.05) is 15.2 Å². The van der Waals surface area contributed by atoms with Gasteiger partial charge in [0.2, 0.25) is 0 Å². The number of nitrogen functional groups attached to an aromatic ring is 1. The highest BCUT2D eigenvalue weighted by Gasteiger charge is 2.13. The standard InChI is InChI=1S/C15H13BrClNO2/c1-9-13(6-11(16)7-14(9)18)15(19)20-8-10-2-4-12(17)5-3-10/h2-7H,8,18H2,1H3. The number of esters is 1. The number of ether oxygens (including phenoxy) is 1. The van der Waals surface area contributed by atoms with E-state index in [-0.39, 0.29) is 6.61 Å². The van der Waals surface area contributed by atoms with Crippen LogP contribution in [0.2, 0.25) is 5.02 Å². The minimum absolute atomic E-state index is 0.196. The highest BCUT2D eigenvalue weighted by atomic mass is 79.9. The average Bonchev–Trinajstić information content (AvgIpc) is 2.42. The molecule has 0 spiro atoms. The van der Waals surface area contributed by atoms with Gasteiger partial charge in [0.25, 0.3) is 0 Å². The summed E-state index contributed by atoms with van der Waals surface area (Å²) >= 11 is 9.12. The van der Waals surface area contributed by atoms with Gasteiger partial charge in [-0.2, -0.15) is 0 Å². The lowest BCUT2D eigenvalue weighted by atomic mass is 10.1. The molecule has 2 aromatic rings. The zero-order chi connectivity index (χ0) is 14.7. The normalized spacial score (nSPS) is 10.3. The number of nitrogens with two attached hydrogens (primary N) is 1. The Hall–Kier alpha value is -1.52. The van der Waals surface area contributed by atoms with E-state index in [9.17, 15) is 4.79 Å². The fourth-order valence-corrected chi connectivity index (χ4v) is 2.32. The summed E-state index contributed by atoms with van der Waals surface area (Å²) in [5.74, 6) is -0.398. The van der Waals surface area contributed by atoms with Crippen molar-refractivity contribution >= 4 is 39.2 Å². The molecule has 0 atom stereocenters. The van der Waals surface area contributed by atoms with Crippen LogP contribution in [-0.2, 0) is 11.3 Å². The molecule has 0 fully saturated rings. The fraction of sp³-hybridized carbons (Fsp3) is 0.133. The van der Waals surface area contributed by atoms with Gasteiger partial charge in [-0.3, -0.25) is 0 Å². The monoisotopic (exact) mass is 353 g/mol. The van der Waals surface area contributed by atoms with Crippen molar-refractivity contribution in [1.29, 1.82) is 0 Å². The van der Waals surface area contributed by atoms with E-state index in [4.69, 9.17) is 22.1 Å². The summed E-state index contributed by atoms with van der Waals surface area (Å²) in [7, 11) is 0. The molecule has 0 radical (unpaired) electrons. The molecule has 0 aliphatic carbocycles. The molecule has 3 nitrogen and oxygen atoms in total. The Morgan fingerprint density at radius 2 is 1.95 bits per heavy atom. The molecule has 20 heavy (non-hydrogen) atoms. The highest BCUT2D eigenvalue weighted by Crippen LogP contribution is 2.23. The molecular weight excluding hydrogens is 342 g/mol. The van der Waals surface area contributed by atoms with Gasteiger partial charge >= 0.3 is 5.97 Å². The van der Waals surface area contributed by atoms with E-state index in [0.717, 1.165) is 10.0 Å². The Balaban J connectivity index is 2.11. The first-order valence-electron chi connectivity index (χ1n) is 5.94. The molecular formula is C15H13BrClNO2. The maximum absolute atomic E-state index is 12.1. The van der Waals surface area contributed by atoms with Crippen molar-refractivity contribution in [2.75, 3.05) is 5.73 Å². The number of halogens is 2. The second kappa shape index (κ2) is 6.29. The number of hydrogen-bond donors (Lipinski definition) is 1. The first-order chi connectivity index (χ1) is 9.47. The second-order valence-corrected chi connectivity index (χ2v) is 5.72. The van der Waals surface area contributed by atoms with Crippen LogP contribution in [0.3, 0.4) is 0 Å². The Labute approximate surface area is 130 Å². The van der Waals surface area contributed by atoms with Crippen molar-refractivity contribution in [2.24, 2.45) is 0 Å². The summed E-state index contributed by atoms with van der Waals surface area (Å²) in [6.45, 7) is 1.99. The van der Waals surface area contributed by atoms with Crippen LogP contribution in [0, 0.1) is 6.92 Å². The van der Waals surface area contributed by atoms with Crippen LogP contribution >= 0.6 is 27.5 Å². The van der Waals surface area contributed by atoms with Gasteiger partial charge in [0.1, 0.15) is 6.61 Å². The lowest BCUT2D eigenvalue weighted by Crippen LogP contribution is -2.08. The number of rotatable bonds is 3. The molecule has 5 heteroatoms. The van der Waals surface area contributed by atoms with Crippen LogP contribution in [0.5, 0.6) is 0 Å². The van der Waals surface area contributed by atoms with Crippen LogP contribution < -0.4 is 5.73 Å². The van der Waals surface area contributed by atoms with Gasteiger partial charge in [-0.1, -0.05) is 39.7 Å². The van der Waals surface area contributed by atoms with Crippen molar-refractivity contribution in [3.05, 3.63) is 62.6 Å². The molecule has 104 valence electrons. The van der Waals surface area contributed by atoms with E-state index in [1.165, 1.54) is 0 Å². The van der Waals surface area contributed by atoms with Crippen LogP contribution in [0.25, 0.3) is 0 Å². The zero-order valence-corrected chi connectivity index (χ0v) is 13.2. The van der Waals surface area contributed by atoms with Crippen molar-refractivity contribution in [3.8, 4) is 0 Å². The molecule has 0 amide bonds. The van der Waals surface area contributed by atoms with Crippen LogP contribution in [0.1, 0.15) is 21.5 Å². The molecule has 0 unspecified atom stereocenters. The third-order valence-corrected chi connectivity index (χ3v) is 3.63. The van der Waals surface area contributed by atoms with Crippen molar-refractivity contribution in [1.82, 2.24) is 0 Å². The van der Waals surface area contributed by atoms with Gasteiger partial charge in [-0.15, -0.1) is 0 Å². The van der Waals surface area contributed by atoms with Gasteiger partial charge < -0.3 is 10.5 Å². The topological polar surface area (TPSA) is 52.3 Å². The van der Waals surface area contributed by atoms with Crippen LogP contribution in [0.15, 0.2) is 40.9 Å². The van der Waals surface area contributed by atoms with Crippen molar-refractivity contribution in [3.63, 3.8) is 0 Å². The summed E-state index contributed by atoms with van der Waals surface area (Å²) in [5, 5.41) is 0.649. The van der Waals surface area contributed by atoms with E-state index >= 15 is 0 Å². The van der Waals surface area contributed by atoms with Crippen LogP contribution in [0.4, 0.5) is 5.69 Å². The SMILES string of the molecule is Cc1c(N)cc(Br)cc1C(=O)OCc1ccc(Cl)cc1. The Kier molecular flexibility index (Phi) is 4.68. The predicted octanol–water partition coefficient (Wildman–Crippen LogP) is 4.35. The Morgan fingerprint density at radius 1 is 1.30 bits per heavy atom. The summed E-state index contributed by atoms with van der Waals surface area (Å²) < 4.78 is 6.04. The van der Waals surface area contributed by atoms with Crippen molar-refractivity contribution in [2.45, 2.75) is 13.5 Å². The molecule has 0 aliphatic rings. The predicted molar refractivity (Wildman–Crippen MR) is 83.9 cm³/mol. The van der Waals surface area contributed by atoms with E-state index in [1.807, 2.05) is 12.1 Å². The number of hydrogen-bond acceptors (Lipinski definition) is 3. The molecule has 2 N–H and O–H groups in total. The van der Waals surface area contributed by atoms with Gasteiger partial charge in [0.15, 0.2) is 0 Å². The van der Waals surface area contributed by atoms with E-state index in [1.54, 1.807) is 31.2 Å². The summed E-state index contributed by atoms with van der Waals surface area (Å²) in [6, 6.07) is 10.6. The number of anilines is 1. The van der Waals surface area contributed by atoms with E-state index in [0.29, 0.717) is 21.8 Å². The Bertz CT molecular complexity index is 641. The molecule has 0 saturated carbocycles. The molecule has 0 aromatic heterocycles. The van der Waals surface area contributed by atoms with E-state index in [2.05, 4.69) is 15.9 Å². The largest absolute Gasteiger partial charge is 0.457 e. The summed E-state index contributed by atoms with van der Waals surface area (Å²) in [5.41, 5.74) is 8.44. The highest BCUT2D eigenvalue weighted by molar-refractivity contribution is 9.10. The lowest BCUT2D eigenvalue weighted by Gasteiger charge is -2.10. The maximum Gasteiger partial charge on any atom is 0.338 e.